The van der Waals surface area contributed by atoms with Crippen LogP contribution in [0.1, 0.15) is 0 Å². The normalized spacial score (nSPS) is 8.71. The zero-order chi connectivity index (χ0) is 11.0. The van der Waals surface area contributed by atoms with Gasteiger partial charge in [0.05, 0.1) is 38.1 Å². The lowest BCUT2D eigenvalue weighted by Crippen LogP contribution is -2.28. The fourth-order valence-corrected chi connectivity index (χ4v) is 0.966. The summed E-state index contributed by atoms with van der Waals surface area (Å²) in [7, 11) is 2.36. The molecule has 0 unspecified atom stereocenters. The monoisotopic (exact) mass is 240 g/mol. The maximum atomic E-state index is 10.8. The molecule has 2 N–H and O–H groups in total. The van der Waals surface area contributed by atoms with Gasteiger partial charge < -0.3 is 9.47 Å². The smallest absolute Gasteiger partial charge is 0.387 e. The van der Waals surface area contributed by atoms with Crippen molar-refractivity contribution < 1.29 is 23.9 Å². The molecule has 0 fully saturated rings. The predicted octanol–water partition coefficient (Wildman–Crippen LogP) is 1.11. The Kier molecular flexibility index (Phi) is 6.76. The van der Waals surface area contributed by atoms with Crippen LogP contribution in [-0.2, 0) is 9.47 Å². The average Bonchev–Trinajstić information content (AvgIpc) is 2.22. The number of hydrogen-bond acceptors (Lipinski definition) is 7. The Hall–Kier alpha value is -1.09. The van der Waals surface area contributed by atoms with Crippen LogP contribution in [0.15, 0.2) is 0 Å². The van der Waals surface area contributed by atoms with Gasteiger partial charge in [0.1, 0.15) is 0 Å². The minimum Gasteiger partial charge on any atom is -0.460 e. The molecule has 0 bridgehead atoms. The summed E-state index contributed by atoms with van der Waals surface area (Å²) in [6.45, 7) is 0. The first-order valence-electron chi connectivity index (χ1n) is 3.15. The zero-order valence-electron chi connectivity index (χ0n) is 7.36. The summed E-state index contributed by atoms with van der Waals surface area (Å²) in [6.07, 6.45) is 0. The van der Waals surface area contributed by atoms with Gasteiger partial charge in [-0.15, -0.1) is 0 Å². The third kappa shape index (κ3) is 6.43. The second-order valence-electron chi connectivity index (χ2n) is 1.65. The lowest BCUT2D eigenvalue weighted by Gasteiger charge is -2.02. The van der Waals surface area contributed by atoms with Gasteiger partial charge in [0.15, 0.2) is 0 Å². The fourth-order valence-electron chi connectivity index (χ4n) is 0.280. The third-order valence-electron chi connectivity index (χ3n) is 0.787. The largest absolute Gasteiger partial charge is 0.460 e. The molecule has 0 radical (unpaired) electrons. The lowest BCUT2D eigenvalue weighted by molar-refractivity contribution is 0.199. The van der Waals surface area contributed by atoms with Crippen molar-refractivity contribution in [2.45, 2.75) is 0 Å². The first kappa shape index (κ1) is 12.9. The highest BCUT2D eigenvalue weighted by Gasteiger charge is 2.08. The Morgan fingerprint density at radius 2 is 1.29 bits per heavy atom. The number of nitrogens with one attached hydrogen (secondary N) is 2. The van der Waals surface area contributed by atoms with E-state index >= 15 is 0 Å². The second kappa shape index (κ2) is 7.33. The van der Waals surface area contributed by atoms with Gasteiger partial charge in [-0.25, -0.2) is 14.4 Å². The molecule has 0 aliphatic rings. The minimum atomic E-state index is -0.712. The topological polar surface area (TPSA) is 93.7 Å². The molecule has 0 saturated heterocycles. The van der Waals surface area contributed by atoms with Crippen LogP contribution in [0.25, 0.3) is 0 Å². The molecule has 0 aromatic rings. The Balaban J connectivity index is 3.56. The van der Waals surface area contributed by atoms with Gasteiger partial charge in [0.25, 0.3) is 0 Å². The third-order valence-corrected chi connectivity index (χ3v) is 2.03. The summed E-state index contributed by atoms with van der Waals surface area (Å²) in [5, 5.41) is -1.33. The van der Waals surface area contributed by atoms with E-state index in [1.165, 1.54) is 14.2 Å². The van der Waals surface area contributed by atoms with Crippen LogP contribution in [0.4, 0.5) is 14.4 Å². The highest BCUT2D eigenvalue weighted by molar-refractivity contribution is 8.13. The van der Waals surface area contributed by atoms with Crippen molar-refractivity contribution in [1.82, 2.24) is 9.44 Å². The van der Waals surface area contributed by atoms with Crippen LogP contribution >= 0.6 is 23.9 Å². The quantitative estimate of drug-likeness (QED) is 0.484. The summed E-state index contributed by atoms with van der Waals surface area (Å²) >= 11 is 0.910. The predicted molar refractivity (Wildman–Crippen MR) is 51.7 cm³/mol. The summed E-state index contributed by atoms with van der Waals surface area (Å²) in [5.41, 5.74) is 0. The van der Waals surface area contributed by atoms with Crippen LogP contribution in [-0.4, -0.2) is 30.9 Å². The average molecular weight is 240 g/mol. The van der Waals surface area contributed by atoms with E-state index in [4.69, 9.17) is 0 Å². The van der Waals surface area contributed by atoms with E-state index in [1.54, 1.807) is 0 Å². The fraction of sp³-hybridized carbons (Fsp3) is 0.400. The molecule has 9 heteroatoms. The molecule has 7 nitrogen and oxygen atoms in total. The number of carbonyl (C=O) groups is 3. The van der Waals surface area contributed by atoms with Crippen molar-refractivity contribution in [3.05, 3.63) is 0 Å². The van der Waals surface area contributed by atoms with Crippen molar-refractivity contribution in [3.8, 4) is 0 Å². The Morgan fingerprint density at radius 1 is 0.929 bits per heavy atom. The van der Waals surface area contributed by atoms with Gasteiger partial charge in [-0.3, -0.25) is 9.44 Å². The van der Waals surface area contributed by atoms with Crippen LogP contribution in [0.3, 0.4) is 0 Å². The highest BCUT2D eigenvalue weighted by atomic mass is 32.2. The van der Waals surface area contributed by atoms with Crippen molar-refractivity contribution in [2.75, 3.05) is 14.2 Å². The lowest BCUT2D eigenvalue weighted by atomic mass is 11.2. The Labute approximate surface area is 88.5 Å². The second-order valence-corrected chi connectivity index (χ2v) is 3.13. The Bertz CT molecular complexity index is 212. The van der Waals surface area contributed by atoms with E-state index in [2.05, 4.69) is 18.9 Å². The van der Waals surface area contributed by atoms with E-state index in [0.717, 1.165) is 0 Å². The molecule has 0 aromatic carbocycles. The van der Waals surface area contributed by atoms with E-state index in [1.807, 2.05) is 0 Å². The van der Waals surface area contributed by atoms with Gasteiger partial charge in [-0.2, -0.15) is 0 Å². The van der Waals surface area contributed by atoms with Crippen LogP contribution < -0.4 is 9.44 Å². The number of methoxy groups -OCH3 is 2. The van der Waals surface area contributed by atoms with Crippen LogP contribution in [0.5, 0.6) is 0 Å². The first-order valence-corrected chi connectivity index (χ1v) is 4.79. The van der Waals surface area contributed by atoms with Crippen molar-refractivity contribution in [2.24, 2.45) is 0 Å². The molecule has 0 spiro atoms. The zero-order valence-corrected chi connectivity index (χ0v) is 8.99. The first-order chi connectivity index (χ1) is 6.60. The van der Waals surface area contributed by atoms with Gasteiger partial charge in [0, 0.05) is 0 Å². The maximum Gasteiger partial charge on any atom is 0.387 e. The number of hydrogen-bond donors (Lipinski definition) is 2. The Morgan fingerprint density at radius 3 is 1.57 bits per heavy atom. The molecule has 0 aromatic heterocycles. The van der Waals surface area contributed by atoms with E-state index < -0.39 is 16.6 Å². The number of carbonyl (C=O) groups excluding carboxylic acids is 3. The molecule has 14 heavy (non-hydrogen) atoms. The molecule has 0 saturated carbocycles. The number of amides is 2. The number of urea groups is 1. The van der Waals surface area contributed by atoms with Crippen LogP contribution in [0.2, 0.25) is 0 Å². The molecule has 0 rings (SSSR count). The standard InChI is InChI=1S/C5H8N2O5S2/c1-11-4(9)13-6-3(8)7-14-5(10)12-2/h1-2H3,(H2,6,7,8). The molecular weight excluding hydrogens is 232 g/mol. The molecule has 2 amide bonds. The molecular formula is C5H8N2O5S2. The molecule has 0 aliphatic heterocycles. The van der Waals surface area contributed by atoms with Gasteiger partial charge in [0.2, 0.25) is 0 Å². The molecule has 0 heterocycles. The number of ether oxygens (including phenoxy) is 2. The molecule has 80 valence electrons. The van der Waals surface area contributed by atoms with Crippen molar-refractivity contribution >= 4 is 40.5 Å². The molecule has 0 atom stereocenters. The van der Waals surface area contributed by atoms with Gasteiger partial charge in [-0.05, 0) is 0 Å². The van der Waals surface area contributed by atoms with Gasteiger partial charge in [-0.1, -0.05) is 0 Å². The minimum absolute atomic E-state index is 0.455. The highest BCUT2D eigenvalue weighted by Crippen LogP contribution is 2.01. The van der Waals surface area contributed by atoms with E-state index in [-0.39, 0.29) is 0 Å². The van der Waals surface area contributed by atoms with E-state index in [0.29, 0.717) is 23.9 Å². The SMILES string of the molecule is COC(=O)SNC(=O)NSC(=O)OC. The molecule has 0 aliphatic carbocycles. The summed E-state index contributed by atoms with van der Waals surface area (Å²) in [5.74, 6) is 0. The summed E-state index contributed by atoms with van der Waals surface area (Å²) < 4.78 is 12.6. The van der Waals surface area contributed by atoms with Crippen molar-refractivity contribution in [1.29, 1.82) is 0 Å². The van der Waals surface area contributed by atoms with Gasteiger partial charge >= 0.3 is 16.6 Å². The maximum absolute atomic E-state index is 10.8. The summed E-state index contributed by atoms with van der Waals surface area (Å²) in [4.78, 5) is 31.8. The number of rotatable bonds is 0. The van der Waals surface area contributed by atoms with Crippen LogP contribution in [0, 0.1) is 0 Å². The van der Waals surface area contributed by atoms with E-state index in [9.17, 15) is 14.4 Å². The summed E-state index contributed by atoms with van der Waals surface area (Å²) in [6, 6.07) is -0.712. The van der Waals surface area contributed by atoms with Crippen molar-refractivity contribution in [3.63, 3.8) is 0 Å².